The molecule has 2 atom stereocenters. The first kappa shape index (κ1) is 32.2. The molecule has 2 rings (SSSR count). The summed E-state index contributed by atoms with van der Waals surface area (Å²) >= 11 is 0. The summed E-state index contributed by atoms with van der Waals surface area (Å²) < 4.78 is 5.41. The SMILES string of the molecule is CCCCCNC(=O)C(c1ccc(C)c(C)c1)N(CC#N)C(=O)C(Cc1ccc(O)cc1)NC(=O)OC(C)(C)C. The van der Waals surface area contributed by atoms with Crippen LogP contribution in [0.15, 0.2) is 42.5 Å². The number of phenolic OH excluding ortho intramolecular Hbond substituents is 1. The second-order valence-corrected chi connectivity index (χ2v) is 10.9. The summed E-state index contributed by atoms with van der Waals surface area (Å²) in [4.78, 5) is 41.7. The molecular formula is C31H42N4O5. The smallest absolute Gasteiger partial charge is 0.408 e. The molecule has 9 nitrogen and oxygen atoms in total. The van der Waals surface area contributed by atoms with Crippen molar-refractivity contribution >= 4 is 17.9 Å². The summed E-state index contributed by atoms with van der Waals surface area (Å²) in [5.74, 6) is -0.941. The molecular weight excluding hydrogens is 508 g/mol. The van der Waals surface area contributed by atoms with Crippen molar-refractivity contribution in [1.82, 2.24) is 15.5 Å². The van der Waals surface area contributed by atoms with Crippen LogP contribution in [0.1, 0.15) is 75.3 Å². The minimum atomic E-state index is -1.14. The Morgan fingerprint density at radius 2 is 1.73 bits per heavy atom. The maximum atomic E-state index is 14.1. The van der Waals surface area contributed by atoms with Crippen molar-refractivity contribution in [2.75, 3.05) is 13.1 Å². The quantitative estimate of drug-likeness (QED) is 0.256. The van der Waals surface area contributed by atoms with Gasteiger partial charge in [-0.25, -0.2) is 4.79 Å². The minimum absolute atomic E-state index is 0.0536. The van der Waals surface area contributed by atoms with Crippen molar-refractivity contribution in [2.45, 2.75) is 84.9 Å². The summed E-state index contributed by atoms with van der Waals surface area (Å²) in [6.07, 6.45) is 1.98. The average Bonchev–Trinajstić information content (AvgIpc) is 2.87. The first-order valence-corrected chi connectivity index (χ1v) is 13.7. The van der Waals surface area contributed by atoms with Crippen LogP contribution in [0.4, 0.5) is 4.79 Å². The molecule has 3 N–H and O–H groups in total. The van der Waals surface area contributed by atoms with E-state index in [0.29, 0.717) is 17.7 Å². The monoisotopic (exact) mass is 550 g/mol. The molecule has 0 aliphatic carbocycles. The number of alkyl carbamates (subject to hydrolysis) is 1. The van der Waals surface area contributed by atoms with E-state index in [0.717, 1.165) is 30.4 Å². The Morgan fingerprint density at radius 1 is 1.05 bits per heavy atom. The zero-order valence-corrected chi connectivity index (χ0v) is 24.4. The fourth-order valence-corrected chi connectivity index (χ4v) is 4.18. The summed E-state index contributed by atoms with van der Waals surface area (Å²) in [5.41, 5.74) is 2.40. The van der Waals surface area contributed by atoms with E-state index in [2.05, 4.69) is 17.6 Å². The van der Waals surface area contributed by atoms with Gasteiger partial charge in [0.05, 0.1) is 6.07 Å². The molecule has 2 unspecified atom stereocenters. The fraction of sp³-hybridized carbons (Fsp3) is 0.484. The number of ether oxygens (including phenoxy) is 1. The van der Waals surface area contributed by atoms with E-state index in [1.165, 1.54) is 17.0 Å². The van der Waals surface area contributed by atoms with Crippen LogP contribution in [0, 0.1) is 25.2 Å². The molecule has 0 saturated heterocycles. The summed E-state index contributed by atoms with van der Waals surface area (Å²) in [5, 5.41) is 25.0. The summed E-state index contributed by atoms with van der Waals surface area (Å²) in [7, 11) is 0. The van der Waals surface area contributed by atoms with Crippen LogP contribution >= 0.6 is 0 Å². The van der Waals surface area contributed by atoms with Crippen molar-refractivity contribution in [2.24, 2.45) is 0 Å². The molecule has 0 aromatic heterocycles. The molecule has 0 saturated carbocycles. The maximum absolute atomic E-state index is 14.1. The molecule has 0 aliphatic rings. The second kappa shape index (κ2) is 14.9. The predicted octanol–water partition coefficient (Wildman–Crippen LogP) is 4.84. The Bertz CT molecular complexity index is 1200. The number of benzene rings is 2. The zero-order valence-electron chi connectivity index (χ0n) is 24.4. The lowest BCUT2D eigenvalue weighted by molar-refractivity contribution is -0.141. The highest BCUT2D eigenvalue weighted by atomic mass is 16.6. The largest absolute Gasteiger partial charge is 0.508 e. The van der Waals surface area contributed by atoms with Gasteiger partial charge in [-0.15, -0.1) is 0 Å². The summed E-state index contributed by atoms with van der Waals surface area (Å²) in [6, 6.07) is 11.6. The number of hydrogen-bond acceptors (Lipinski definition) is 6. The number of unbranched alkanes of at least 4 members (excludes halogenated alkanes) is 2. The number of aromatic hydroxyl groups is 1. The van der Waals surface area contributed by atoms with E-state index in [-0.39, 0.29) is 18.7 Å². The van der Waals surface area contributed by atoms with Crippen molar-refractivity contribution in [3.05, 3.63) is 64.7 Å². The van der Waals surface area contributed by atoms with E-state index in [4.69, 9.17) is 4.74 Å². The average molecular weight is 551 g/mol. The second-order valence-electron chi connectivity index (χ2n) is 10.9. The zero-order chi connectivity index (χ0) is 29.9. The number of nitriles is 1. The third-order valence-corrected chi connectivity index (χ3v) is 6.38. The number of hydrogen-bond donors (Lipinski definition) is 3. The van der Waals surface area contributed by atoms with Gasteiger partial charge in [0.2, 0.25) is 11.8 Å². The number of aryl methyl sites for hydroxylation is 2. The van der Waals surface area contributed by atoms with E-state index < -0.39 is 35.6 Å². The number of nitrogens with zero attached hydrogens (tertiary/aromatic N) is 2. The normalized spacial score (nSPS) is 12.5. The predicted molar refractivity (Wildman–Crippen MR) is 153 cm³/mol. The highest BCUT2D eigenvalue weighted by Crippen LogP contribution is 2.25. The van der Waals surface area contributed by atoms with E-state index >= 15 is 0 Å². The Balaban J connectivity index is 2.52. The number of amides is 3. The van der Waals surface area contributed by atoms with Crippen molar-refractivity contribution in [1.29, 1.82) is 5.26 Å². The molecule has 40 heavy (non-hydrogen) atoms. The molecule has 3 amide bonds. The lowest BCUT2D eigenvalue weighted by Gasteiger charge is -2.33. The van der Waals surface area contributed by atoms with Gasteiger partial charge in [-0.2, -0.15) is 5.26 Å². The Kier molecular flexibility index (Phi) is 12.0. The molecule has 2 aromatic rings. The Hall–Kier alpha value is -4.06. The third kappa shape index (κ3) is 9.92. The Labute approximate surface area is 237 Å². The van der Waals surface area contributed by atoms with Gasteiger partial charge in [-0.3, -0.25) is 9.59 Å². The van der Waals surface area contributed by atoms with E-state index in [1.807, 2.05) is 32.0 Å². The van der Waals surface area contributed by atoms with Crippen LogP contribution in [-0.4, -0.2) is 52.6 Å². The number of carbonyl (C=O) groups excluding carboxylic acids is 3. The summed E-state index contributed by atoms with van der Waals surface area (Å²) in [6.45, 7) is 11.1. The first-order valence-electron chi connectivity index (χ1n) is 13.7. The van der Waals surface area contributed by atoms with E-state index in [1.54, 1.807) is 39.0 Å². The van der Waals surface area contributed by atoms with Crippen LogP contribution < -0.4 is 10.6 Å². The molecule has 216 valence electrons. The number of carbonyl (C=O) groups is 3. The van der Waals surface area contributed by atoms with Crippen molar-refractivity contribution in [3.8, 4) is 11.8 Å². The van der Waals surface area contributed by atoms with Crippen LogP contribution in [0.25, 0.3) is 0 Å². The molecule has 0 heterocycles. The van der Waals surface area contributed by atoms with Gasteiger partial charge in [0, 0.05) is 13.0 Å². The van der Waals surface area contributed by atoms with Gasteiger partial charge in [-0.1, -0.05) is 50.1 Å². The number of rotatable bonds is 12. The molecule has 0 radical (unpaired) electrons. The third-order valence-electron chi connectivity index (χ3n) is 6.38. The lowest BCUT2D eigenvalue weighted by atomic mass is 9.97. The molecule has 0 spiro atoms. The minimum Gasteiger partial charge on any atom is -0.508 e. The van der Waals surface area contributed by atoms with Gasteiger partial charge in [0.25, 0.3) is 0 Å². The van der Waals surface area contributed by atoms with Crippen molar-refractivity contribution < 1.29 is 24.2 Å². The van der Waals surface area contributed by atoms with Gasteiger partial charge in [0.15, 0.2) is 0 Å². The molecule has 2 aromatic carbocycles. The van der Waals surface area contributed by atoms with Gasteiger partial charge < -0.3 is 25.4 Å². The first-order chi connectivity index (χ1) is 18.9. The maximum Gasteiger partial charge on any atom is 0.408 e. The highest BCUT2D eigenvalue weighted by molar-refractivity contribution is 5.92. The van der Waals surface area contributed by atoms with Gasteiger partial charge >= 0.3 is 6.09 Å². The van der Waals surface area contributed by atoms with Crippen LogP contribution in [0.2, 0.25) is 0 Å². The Morgan fingerprint density at radius 3 is 2.30 bits per heavy atom. The molecule has 0 bridgehead atoms. The number of phenols is 1. The fourth-order valence-electron chi connectivity index (χ4n) is 4.18. The van der Waals surface area contributed by atoms with E-state index in [9.17, 15) is 24.8 Å². The van der Waals surface area contributed by atoms with Crippen LogP contribution in [0.3, 0.4) is 0 Å². The van der Waals surface area contributed by atoms with Crippen LogP contribution in [0.5, 0.6) is 5.75 Å². The highest BCUT2D eigenvalue weighted by Gasteiger charge is 2.36. The number of nitrogens with one attached hydrogen (secondary N) is 2. The van der Waals surface area contributed by atoms with Crippen molar-refractivity contribution in [3.63, 3.8) is 0 Å². The van der Waals surface area contributed by atoms with Gasteiger partial charge in [-0.05, 0) is 75.4 Å². The van der Waals surface area contributed by atoms with Gasteiger partial charge in [0.1, 0.15) is 30.0 Å². The van der Waals surface area contributed by atoms with Crippen LogP contribution in [-0.2, 0) is 20.7 Å². The standard InChI is InChI=1S/C31H42N4O5/c1-7-8-9-17-33-28(37)27(24-13-10-21(2)22(3)19-24)35(18-16-32)29(38)26(34-30(39)40-31(4,5)6)20-23-11-14-25(36)15-12-23/h10-15,19,26-27,36H,7-9,17-18,20H2,1-6H3,(H,33,37)(H,34,39). The topological polar surface area (TPSA) is 132 Å². The molecule has 0 fully saturated rings. The molecule has 9 heteroatoms. The lowest BCUT2D eigenvalue weighted by Crippen LogP contribution is -2.54. The molecule has 0 aliphatic heterocycles.